The van der Waals surface area contributed by atoms with Crippen molar-refractivity contribution in [3.05, 3.63) is 0 Å². The van der Waals surface area contributed by atoms with E-state index in [1.165, 1.54) is 0 Å². The van der Waals surface area contributed by atoms with Crippen LogP contribution in [0.25, 0.3) is 0 Å². The highest BCUT2D eigenvalue weighted by Crippen LogP contribution is 1.94. The lowest BCUT2D eigenvalue weighted by molar-refractivity contribution is -0.120. The lowest BCUT2D eigenvalue weighted by atomic mass is 10.2. The van der Waals surface area contributed by atoms with Gasteiger partial charge in [-0.25, -0.2) is 0 Å². The van der Waals surface area contributed by atoms with Crippen LogP contribution in [0.2, 0.25) is 0 Å². The van der Waals surface area contributed by atoms with Crippen molar-refractivity contribution in [3.8, 4) is 12.3 Å². The Morgan fingerprint density at radius 1 is 1.60 bits per heavy atom. The number of carbonyl (C=O) groups is 1. The van der Waals surface area contributed by atoms with Gasteiger partial charge in [0.1, 0.15) is 0 Å². The third-order valence-electron chi connectivity index (χ3n) is 1.98. The summed E-state index contributed by atoms with van der Waals surface area (Å²) in [4.78, 5) is 11.3. The van der Waals surface area contributed by atoms with Crippen molar-refractivity contribution in [2.24, 2.45) is 0 Å². The van der Waals surface area contributed by atoms with Gasteiger partial charge in [0, 0.05) is 18.3 Å². The largest absolute Gasteiger partial charge is 0.354 e. The van der Waals surface area contributed by atoms with E-state index in [0.717, 1.165) is 12.2 Å². The standard InChI is InChI=1S/C11H20N2OS/c1-4-7-15-8-6-12-11(14)9-13-10(3)5-2/h1,10,13H,5-9H2,2-3H3,(H,12,14). The van der Waals surface area contributed by atoms with E-state index in [4.69, 9.17) is 6.42 Å². The molecule has 0 aliphatic heterocycles. The minimum Gasteiger partial charge on any atom is -0.354 e. The van der Waals surface area contributed by atoms with Crippen molar-refractivity contribution < 1.29 is 4.79 Å². The summed E-state index contributed by atoms with van der Waals surface area (Å²) in [6, 6.07) is 0.395. The molecule has 1 unspecified atom stereocenters. The molecule has 4 heteroatoms. The zero-order chi connectivity index (χ0) is 11.5. The van der Waals surface area contributed by atoms with Crippen LogP contribution in [0, 0.1) is 12.3 Å². The Morgan fingerprint density at radius 2 is 2.33 bits per heavy atom. The monoisotopic (exact) mass is 228 g/mol. The highest BCUT2D eigenvalue weighted by molar-refractivity contribution is 7.99. The minimum atomic E-state index is 0.0524. The van der Waals surface area contributed by atoms with Gasteiger partial charge in [0.25, 0.3) is 0 Å². The van der Waals surface area contributed by atoms with Gasteiger partial charge in [-0.15, -0.1) is 18.2 Å². The molecule has 0 fully saturated rings. The molecule has 1 atom stereocenters. The Bertz CT molecular complexity index is 213. The van der Waals surface area contributed by atoms with E-state index >= 15 is 0 Å². The van der Waals surface area contributed by atoms with E-state index in [1.807, 2.05) is 0 Å². The number of hydrogen-bond acceptors (Lipinski definition) is 3. The minimum absolute atomic E-state index is 0.0524. The fraction of sp³-hybridized carbons (Fsp3) is 0.727. The Balaban J connectivity index is 3.30. The maximum atomic E-state index is 11.3. The number of amides is 1. The van der Waals surface area contributed by atoms with Gasteiger partial charge in [-0.2, -0.15) is 0 Å². The average Bonchev–Trinajstić information content (AvgIpc) is 2.25. The van der Waals surface area contributed by atoms with Crippen molar-refractivity contribution in [2.75, 3.05) is 24.6 Å². The van der Waals surface area contributed by atoms with Gasteiger partial charge in [-0.3, -0.25) is 4.79 Å². The summed E-state index contributed by atoms with van der Waals surface area (Å²) in [5.74, 6) is 4.18. The summed E-state index contributed by atoms with van der Waals surface area (Å²) in [5, 5.41) is 5.96. The summed E-state index contributed by atoms with van der Waals surface area (Å²) in [7, 11) is 0. The van der Waals surface area contributed by atoms with Crippen LogP contribution in [0.5, 0.6) is 0 Å². The molecule has 0 spiro atoms. The molecule has 3 nitrogen and oxygen atoms in total. The maximum Gasteiger partial charge on any atom is 0.233 e. The van der Waals surface area contributed by atoms with E-state index in [-0.39, 0.29) is 5.91 Å². The lowest BCUT2D eigenvalue weighted by Gasteiger charge is -2.10. The molecule has 0 saturated heterocycles. The van der Waals surface area contributed by atoms with Crippen LogP contribution in [0.4, 0.5) is 0 Å². The number of carbonyl (C=O) groups excluding carboxylic acids is 1. The van der Waals surface area contributed by atoms with Crippen LogP contribution < -0.4 is 10.6 Å². The molecule has 0 heterocycles. The second-order valence-electron chi connectivity index (χ2n) is 3.30. The van der Waals surface area contributed by atoms with E-state index in [0.29, 0.717) is 24.9 Å². The SMILES string of the molecule is C#CCSCCNC(=O)CNC(C)CC. The first-order valence-corrected chi connectivity index (χ1v) is 6.37. The molecule has 0 aromatic rings. The molecular weight excluding hydrogens is 208 g/mol. The molecule has 2 N–H and O–H groups in total. The molecule has 86 valence electrons. The number of nitrogens with one attached hydrogen (secondary N) is 2. The van der Waals surface area contributed by atoms with Crippen molar-refractivity contribution in [2.45, 2.75) is 26.3 Å². The normalized spacial score (nSPS) is 11.8. The Kier molecular flexibility index (Phi) is 9.44. The van der Waals surface area contributed by atoms with Crippen LogP contribution in [0.1, 0.15) is 20.3 Å². The third kappa shape index (κ3) is 9.64. The van der Waals surface area contributed by atoms with Gasteiger partial charge in [-0.1, -0.05) is 12.8 Å². The van der Waals surface area contributed by atoms with Crippen LogP contribution in [-0.4, -0.2) is 36.5 Å². The predicted octanol–water partition coefficient (Wildman–Crippen LogP) is 0.857. The summed E-state index contributed by atoms with van der Waals surface area (Å²) in [6.07, 6.45) is 6.13. The summed E-state index contributed by atoms with van der Waals surface area (Å²) >= 11 is 1.65. The second-order valence-corrected chi connectivity index (χ2v) is 4.40. The van der Waals surface area contributed by atoms with E-state index < -0.39 is 0 Å². The predicted molar refractivity (Wildman–Crippen MR) is 66.9 cm³/mol. The lowest BCUT2D eigenvalue weighted by Crippen LogP contribution is -2.38. The molecule has 0 aliphatic carbocycles. The first-order chi connectivity index (χ1) is 7.20. The van der Waals surface area contributed by atoms with E-state index in [1.54, 1.807) is 11.8 Å². The summed E-state index contributed by atoms with van der Waals surface area (Å²) in [6.45, 7) is 5.24. The number of hydrogen-bond donors (Lipinski definition) is 2. The fourth-order valence-corrected chi connectivity index (χ4v) is 1.38. The van der Waals surface area contributed by atoms with Crippen LogP contribution in [-0.2, 0) is 4.79 Å². The van der Waals surface area contributed by atoms with Crippen molar-refractivity contribution in [1.29, 1.82) is 0 Å². The quantitative estimate of drug-likeness (QED) is 0.478. The molecule has 0 saturated carbocycles. The topological polar surface area (TPSA) is 41.1 Å². The zero-order valence-corrected chi connectivity index (χ0v) is 10.3. The molecular formula is C11H20N2OS. The molecule has 0 aromatic heterocycles. The molecule has 0 rings (SSSR count). The van der Waals surface area contributed by atoms with Gasteiger partial charge in [0.05, 0.1) is 12.3 Å². The molecule has 0 aliphatic rings. The number of thioether (sulfide) groups is 1. The zero-order valence-electron chi connectivity index (χ0n) is 9.51. The van der Waals surface area contributed by atoms with E-state index in [9.17, 15) is 4.79 Å². The molecule has 0 aromatic carbocycles. The summed E-state index contributed by atoms with van der Waals surface area (Å²) < 4.78 is 0. The number of terminal acetylenes is 1. The van der Waals surface area contributed by atoms with Gasteiger partial charge < -0.3 is 10.6 Å². The van der Waals surface area contributed by atoms with E-state index in [2.05, 4.69) is 30.4 Å². The molecule has 0 bridgehead atoms. The third-order valence-corrected chi connectivity index (χ3v) is 2.84. The fourth-order valence-electron chi connectivity index (χ4n) is 0.867. The Morgan fingerprint density at radius 3 is 2.93 bits per heavy atom. The highest BCUT2D eigenvalue weighted by Gasteiger charge is 2.02. The molecule has 1 amide bonds. The Hall–Kier alpha value is -0.660. The van der Waals surface area contributed by atoms with Crippen molar-refractivity contribution >= 4 is 17.7 Å². The van der Waals surface area contributed by atoms with Gasteiger partial charge in [-0.05, 0) is 13.3 Å². The van der Waals surface area contributed by atoms with Crippen LogP contribution in [0.15, 0.2) is 0 Å². The number of rotatable bonds is 8. The van der Waals surface area contributed by atoms with Crippen molar-refractivity contribution in [3.63, 3.8) is 0 Å². The second kappa shape index (κ2) is 9.88. The Labute approximate surface area is 96.8 Å². The first kappa shape index (κ1) is 14.3. The average molecular weight is 228 g/mol. The van der Waals surface area contributed by atoms with Crippen molar-refractivity contribution in [1.82, 2.24) is 10.6 Å². The maximum absolute atomic E-state index is 11.3. The van der Waals surface area contributed by atoms with Gasteiger partial charge in [0.2, 0.25) is 5.91 Å². The first-order valence-electron chi connectivity index (χ1n) is 5.22. The molecule has 0 radical (unpaired) electrons. The van der Waals surface area contributed by atoms with Crippen LogP contribution in [0.3, 0.4) is 0 Å². The smallest absolute Gasteiger partial charge is 0.233 e. The van der Waals surface area contributed by atoms with Gasteiger partial charge >= 0.3 is 0 Å². The van der Waals surface area contributed by atoms with Gasteiger partial charge in [0.15, 0.2) is 0 Å². The molecule has 15 heavy (non-hydrogen) atoms. The summed E-state index contributed by atoms with van der Waals surface area (Å²) in [5.41, 5.74) is 0. The van der Waals surface area contributed by atoms with Crippen LogP contribution >= 0.6 is 11.8 Å². The highest BCUT2D eigenvalue weighted by atomic mass is 32.2.